The zero-order valence-corrected chi connectivity index (χ0v) is 20.5. The molecule has 4 heterocycles. The van der Waals surface area contributed by atoms with Crippen molar-refractivity contribution in [2.24, 2.45) is 0 Å². The van der Waals surface area contributed by atoms with Crippen LogP contribution < -0.4 is 10.6 Å². The van der Waals surface area contributed by atoms with E-state index >= 15 is 0 Å². The van der Waals surface area contributed by atoms with E-state index in [0.29, 0.717) is 23.3 Å². The van der Waals surface area contributed by atoms with E-state index in [4.69, 9.17) is 11.6 Å². The first-order valence-corrected chi connectivity index (χ1v) is 13.5. The Hall–Kier alpha value is -2.15. The predicted octanol–water partition coefficient (Wildman–Crippen LogP) is 5.61. The van der Waals surface area contributed by atoms with Gasteiger partial charge in [0.1, 0.15) is 16.6 Å². The number of nitrogens with zero attached hydrogens (tertiary/aromatic N) is 3. The number of piperidine rings is 1. The van der Waals surface area contributed by atoms with E-state index in [9.17, 15) is 0 Å². The lowest BCUT2D eigenvalue weighted by atomic mass is 9.88. The molecule has 0 amide bonds. The van der Waals surface area contributed by atoms with Crippen LogP contribution in [-0.2, 0) is 0 Å². The van der Waals surface area contributed by atoms with Gasteiger partial charge in [0.05, 0.1) is 0 Å². The lowest BCUT2D eigenvalue weighted by Gasteiger charge is -2.43. The molecule has 0 radical (unpaired) electrons. The first-order valence-electron chi connectivity index (χ1n) is 13.1. The van der Waals surface area contributed by atoms with Crippen LogP contribution in [0.15, 0.2) is 36.7 Å². The molecule has 0 atom stereocenters. The van der Waals surface area contributed by atoms with Crippen LogP contribution in [0.4, 0.5) is 5.82 Å². The molecule has 7 heteroatoms. The Morgan fingerprint density at radius 3 is 2.47 bits per heavy atom. The van der Waals surface area contributed by atoms with Gasteiger partial charge in [-0.05, 0) is 94.3 Å². The Bertz CT molecular complexity index is 1110. The Labute approximate surface area is 206 Å². The van der Waals surface area contributed by atoms with E-state index < -0.39 is 0 Å². The lowest BCUT2D eigenvalue weighted by molar-refractivity contribution is 0.0887. The monoisotopic (exact) mass is 478 g/mol. The summed E-state index contributed by atoms with van der Waals surface area (Å²) in [4.78, 5) is 15.0. The maximum absolute atomic E-state index is 6.42. The third-order valence-electron chi connectivity index (χ3n) is 8.23. The summed E-state index contributed by atoms with van der Waals surface area (Å²) >= 11 is 6.42. The average Bonchev–Trinajstić information content (AvgIpc) is 3.24. The standard InChI is InChI=1S/C27H35ClN6/c28-25-15-18(24-17-30-27-23(24)5-2-12-29-27)16-26(33-25)32-20-8-6-19(7-9-20)31-21-10-13-34(14-11-21)22-3-1-4-22/h2,5,12,15-17,19-22,31H,1,3-4,6-11,13-14H2,(H,29,30)(H,32,33). The number of hydrogen-bond acceptors (Lipinski definition) is 5. The third kappa shape index (κ3) is 4.81. The topological polar surface area (TPSA) is 68.9 Å². The molecule has 3 fully saturated rings. The van der Waals surface area contributed by atoms with Crippen LogP contribution in [-0.4, -0.2) is 57.1 Å². The largest absolute Gasteiger partial charge is 0.367 e. The van der Waals surface area contributed by atoms with Crippen LogP contribution in [0.1, 0.15) is 57.8 Å². The fourth-order valence-corrected chi connectivity index (χ4v) is 6.26. The number of nitrogens with one attached hydrogen (secondary N) is 3. The third-order valence-corrected chi connectivity index (χ3v) is 8.42. The van der Waals surface area contributed by atoms with Crippen molar-refractivity contribution in [3.8, 4) is 11.1 Å². The lowest BCUT2D eigenvalue weighted by Crippen LogP contribution is -2.51. The summed E-state index contributed by atoms with van der Waals surface area (Å²) in [7, 11) is 0. The van der Waals surface area contributed by atoms with Crippen LogP contribution in [0.3, 0.4) is 0 Å². The highest BCUT2D eigenvalue weighted by molar-refractivity contribution is 6.29. The molecule has 1 aliphatic heterocycles. The second-order valence-electron chi connectivity index (χ2n) is 10.4. The minimum Gasteiger partial charge on any atom is -0.367 e. The maximum Gasteiger partial charge on any atom is 0.137 e. The van der Waals surface area contributed by atoms with Crippen molar-refractivity contribution in [3.05, 3.63) is 41.8 Å². The van der Waals surface area contributed by atoms with Gasteiger partial charge >= 0.3 is 0 Å². The molecule has 3 aliphatic rings. The van der Waals surface area contributed by atoms with Gasteiger partial charge in [-0.15, -0.1) is 0 Å². The van der Waals surface area contributed by atoms with Crippen LogP contribution in [0.2, 0.25) is 5.15 Å². The van der Waals surface area contributed by atoms with Gasteiger partial charge in [-0.1, -0.05) is 18.0 Å². The average molecular weight is 479 g/mol. The number of halogens is 1. The van der Waals surface area contributed by atoms with Gasteiger partial charge in [0.2, 0.25) is 0 Å². The van der Waals surface area contributed by atoms with Gasteiger partial charge in [-0.2, -0.15) is 0 Å². The molecule has 0 unspecified atom stereocenters. The van der Waals surface area contributed by atoms with E-state index in [1.165, 1.54) is 70.9 Å². The quantitative estimate of drug-likeness (QED) is 0.402. The molecule has 3 aromatic rings. The van der Waals surface area contributed by atoms with Crippen molar-refractivity contribution in [2.75, 3.05) is 18.4 Å². The number of H-pyrrole nitrogens is 1. The molecule has 0 bridgehead atoms. The Balaban J connectivity index is 1.03. The molecular formula is C27H35ClN6. The molecular weight excluding hydrogens is 444 g/mol. The van der Waals surface area contributed by atoms with Crippen molar-refractivity contribution in [1.82, 2.24) is 25.2 Å². The highest BCUT2D eigenvalue weighted by atomic mass is 35.5. The summed E-state index contributed by atoms with van der Waals surface area (Å²) in [5, 5.41) is 9.28. The first-order chi connectivity index (χ1) is 16.7. The van der Waals surface area contributed by atoms with E-state index in [0.717, 1.165) is 34.0 Å². The minimum absolute atomic E-state index is 0.446. The number of fused-ring (bicyclic) bond motifs is 1. The zero-order chi connectivity index (χ0) is 22.9. The first kappa shape index (κ1) is 22.3. The van der Waals surface area contributed by atoms with Crippen molar-refractivity contribution in [1.29, 1.82) is 0 Å². The van der Waals surface area contributed by atoms with Crippen LogP contribution >= 0.6 is 11.6 Å². The highest BCUT2D eigenvalue weighted by Gasteiger charge is 2.30. The SMILES string of the molecule is Clc1cc(-c2c[nH]c3ncccc23)cc(NC2CCC(NC3CCN(C4CCC4)CC3)CC2)n1. The van der Waals surface area contributed by atoms with Crippen LogP contribution in [0, 0.1) is 0 Å². The summed E-state index contributed by atoms with van der Waals surface area (Å²) < 4.78 is 0. The van der Waals surface area contributed by atoms with E-state index in [-0.39, 0.29) is 0 Å². The number of rotatable bonds is 6. The van der Waals surface area contributed by atoms with Gasteiger partial charge < -0.3 is 20.5 Å². The Morgan fingerprint density at radius 1 is 0.941 bits per heavy atom. The Kier molecular flexibility index (Phi) is 6.46. The van der Waals surface area contributed by atoms with Gasteiger partial charge in [0.15, 0.2) is 0 Å². The molecule has 3 aromatic heterocycles. The fraction of sp³-hybridized carbons (Fsp3) is 0.556. The number of aromatic nitrogens is 3. The smallest absolute Gasteiger partial charge is 0.137 e. The summed E-state index contributed by atoms with van der Waals surface area (Å²) in [5.74, 6) is 0.862. The molecule has 34 heavy (non-hydrogen) atoms. The van der Waals surface area contributed by atoms with Crippen molar-refractivity contribution in [2.45, 2.75) is 82.0 Å². The minimum atomic E-state index is 0.446. The normalized spacial score (nSPS) is 24.9. The highest BCUT2D eigenvalue weighted by Crippen LogP contribution is 2.32. The predicted molar refractivity (Wildman–Crippen MR) is 139 cm³/mol. The van der Waals surface area contributed by atoms with Crippen molar-refractivity contribution in [3.63, 3.8) is 0 Å². The number of pyridine rings is 2. The molecule has 2 aliphatic carbocycles. The van der Waals surface area contributed by atoms with Gasteiger partial charge in [-0.25, -0.2) is 9.97 Å². The molecule has 1 saturated heterocycles. The van der Waals surface area contributed by atoms with E-state index in [1.807, 2.05) is 18.3 Å². The van der Waals surface area contributed by atoms with E-state index in [1.54, 1.807) is 6.20 Å². The van der Waals surface area contributed by atoms with Crippen LogP contribution in [0.25, 0.3) is 22.2 Å². The van der Waals surface area contributed by atoms with Gasteiger partial charge in [0.25, 0.3) is 0 Å². The summed E-state index contributed by atoms with van der Waals surface area (Å²) in [6.07, 6.45) is 15.5. The van der Waals surface area contributed by atoms with Gasteiger partial charge in [0, 0.05) is 47.5 Å². The molecule has 3 N–H and O–H groups in total. The van der Waals surface area contributed by atoms with Crippen molar-refractivity contribution >= 4 is 28.5 Å². The zero-order valence-electron chi connectivity index (χ0n) is 19.8. The van der Waals surface area contributed by atoms with Gasteiger partial charge in [-0.3, -0.25) is 0 Å². The summed E-state index contributed by atoms with van der Waals surface area (Å²) in [6, 6.07) is 10.8. The fourth-order valence-electron chi connectivity index (χ4n) is 6.05. The molecule has 6 nitrogen and oxygen atoms in total. The maximum atomic E-state index is 6.42. The summed E-state index contributed by atoms with van der Waals surface area (Å²) in [6.45, 7) is 2.57. The summed E-state index contributed by atoms with van der Waals surface area (Å²) in [5.41, 5.74) is 3.05. The Morgan fingerprint density at radius 2 is 1.71 bits per heavy atom. The second kappa shape index (κ2) is 9.84. The number of anilines is 1. The second-order valence-corrected chi connectivity index (χ2v) is 10.8. The molecule has 0 spiro atoms. The number of likely N-dealkylation sites (tertiary alicyclic amines) is 1. The molecule has 180 valence electrons. The van der Waals surface area contributed by atoms with E-state index in [2.05, 4.69) is 42.6 Å². The van der Waals surface area contributed by atoms with Crippen LogP contribution in [0.5, 0.6) is 0 Å². The van der Waals surface area contributed by atoms with Crippen molar-refractivity contribution < 1.29 is 0 Å². The number of aromatic amines is 1. The molecule has 6 rings (SSSR count). The molecule has 2 saturated carbocycles. The number of hydrogen-bond donors (Lipinski definition) is 3. The molecule has 0 aromatic carbocycles.